The highest BCUT2D eigenvalue weighted by Gasteiger charge is 2.26. The molecule has 2 N–H and O–H groups in total. The van der Waals surface area contributed by atoms with Gasteiger partial charge >= 0.3 is 5.97 Å². The zero-order chi connectivity index (χ0) is 14.5. The lowest BCUT2D eigenvalue weighted by atomic mass is 10.1. The summed E-state index contributed by atoms with van der Waals surface area (Å²) in [4.78, 5) is 28.7. The first-order valence-electron chi connectivity index (χ1n) is 6.74. The fourth-order valence-electron chi connectivity index (χ4n) is 2.48. The summed E-state index contributed by atoms with van der Waals surface area (Å²) >= 11 is 0. The molecule has 1 aromatic heterocycles. The number of aliphatic hydroxyl groups excluding tert-OH is 1. The Kier molecular flexibility index (Phi) is 4.68. The zero-order valence-electron chi connectivity index (χ0n) is 11.2. The lowest BCUT2D eigenvalue weighted by Gasteiger charge is -2.28. The van der Waals surface area contributed by atoms with Crippen LogP contribution in [-0.2, 0) is 0 Å². The predicted molar refractivity (Wildman–Crippen MR) is 71.6 cm³/mol. The molecule has 108 valence electrons. The fraction of sp³-hybridized carbons (Fsp3) is 0.500. The van der Waals surface area contributed by atoms with Crippen molar-refractivity contribution in [1.29, 1.82) is 0 Å². The summed E-state index contributed by atoms with van der Waals surface area (Å²) in [7, 11) is 0. The first kappa shape index (κ1) is 14.5. The van der Waals surface area contributed by atoms with Crippen LogP contribution in [0.5, 0.6) is 0 Å². The van der Waals surface area contributed by atoms with Crippen LogP contribution < -0.4 is 0 Å². The number of hydrogen-bond acceptors (Lipinski definition) is 4. The van der Waals surface area contributed by atoms with E-state index in [2.05, 4.69) is 4.98 Å². The Labute approximate surface area is 117 Å². The molecule has 2 heterocycles. The number of aromatic nitrogens is 1. The second-order valence-electron chi connectivity index (χ2n) is 4.92. The molecule has 0 bridgehead atoms. The van der Waals surface area contributed by atoms with Crippen molar-refractivity contribution in [2.45, 2.75) is 31.7 Å². The van der Waals surface area contributed by atoms with Crippen molar-refractivity contribution in [1.82, 2.24) is 9.88 Å². The lowest BCUT2D eigenvalue weighted by Crippen LogP contribution is -2.42. The van der Waals surface area contributed by atoms with Gasteiger partial charge in [-0.1, -0.05) is 12.8 Å². The maximum atomic E-state index is 12.5. The molecule has 1 saturated heterocycles. The summed E-state index contributed by atoms with van der Waals surface area (Å²) in [6.07, 6.45) is 5.03. The summed E-state index contributed by atoms with van der Waals surface area (Å²) in [5.41, 5.74) is 0.156. The third-order valence-corrected chi connectivity index (χ3v) is 3.57. The summed E-state index contributed by atoms with van der Waals surface area (Å²) in [6.45, 7) is 0.525. The molecular weight excluding hydrogens is 260 g/mol. The lowest BCUT2D eigenvalue weighted by molar-refractivity contribution is 0.0599. The van der Waals surface area contributed by atoms with E-state index >= 15 is 0 Å². The molecule has 1 aromatic rings. The molecule has 2 rings (SSSR count). The Hall–Kier alpha value is -1.95. The Morgan fingerprint density at radius 1 is 1.35 bits per heavy atom. The Balaban J connectivity index is 2.24. The third kappa shape index (κ3) is 3.14. The van der Waals surface area contributed by atoms with Crippen molar-refractivity contribution in [2.24, 2.45) is 0 Å². The molecule has 0 radical (unpaired) electrons. The molecule has 1 atom stereocenters. The molecule has 0 aromatic carbocycles. The van der Waals surface area contributed by atoms with Gasteiger partial charge in [-0.05, 0) is 25.0 Å². The van der Waals surface area contributed by atoms with E-state index in [1.54, 1.807) is 4.90 Å². The largest absolute Gasteiger partial charge is 0.477 e. The summed E-state index contributed by atoms with van der Waals surface area (Å²) in [5.74, 6) is -1.40. The minimum Gasteiger partial charge on any atom is -0.477 e. The van der Waals surface area contributed by atoms with E-state index < -0.39 is 5.97 Å². The van der Waals surface area contributed by atoms with E-state index in [4.69, 9.17) is 5.11 Å². The number of carbonyl (C=O) groups excluding carboxylic acids is 1. The van der Waals surface area contributed by atoms with Gasteiger partial charge in [0.2, 0.25) is 0 Å². The minimum absolute atomic E-state index is 0.0669. The molecule has 1 amide bonds. The number of pyridine rings is 1. The Bertz CT molecular complexity index is 504. The smallest absolute Gasteiger partial charge is 0.354 e. The third-order valence-electron chi connectivity index (χ3n) is 3.57. The predicted octanol–water partition coefficient (Wildman–Crippen LogP) is 1.16. The van der Waals surface area contributed by atoms with Gasteiger partial charge in [0.05, 0.1) is 12.6 Å². The number of carboxylic acid groups (broad SMARTS) is 1. The molecule has 1 unspecified atom stereocenters. The van der Waals surface area contributed by atoms with Gasteiger partial charge in [-0.15, -0.1) is 0 Å². The summed E-state index contributed by atoms with van der Waals surface area (Å²) in [5, 5.41) is 18.3. The van der Waals surface area contributed by atoms with Crippen molar-refractivity contribution in [3.63, 3.8) is 0 Å². The molecule has 0 spiro atoms. The fourth-order valence-corrected chi connectivity index (χ4v) is 2.48. The first-order valence-corrected chi connectivity index (χ1v) is 6.74. The normalized spacial score (nSPS) is 19.4. The van der Waals surface area contributed by atoms with Crippen LogP contribution in [0.1, 0.15) is 46.5 Å². The van der Waals surface area contributed by atoms with Gasteiger partial charge in [0, 0.05) is 18.3 Å². The van der Waals surface area contributed by atoms with Crippen LogP contribution in [0, 0.1) is 0 Å². The van der Waals surface area contributed by atoms with E-state index in [9.17, 15) is 14.7 Å². The van der Waals surface area contributed by atoms with Gasteiger partial charge in [0.25, 0.3) is 5.91 Å². The van der Waals surface area contributed by atoms with Gasteiger partial charge < -0.3 is 15.1 Å². The van der Waals surface area contributed by atoms with E-state index in [1.807, 2.05) is 0 Å². The highest BCUT2D eigenvalue weighted by atomic mass is 16.4. The number of likely N-dealkylation sites (tertiary alicyclic amines) is 1. The average molecular weight is 278 g/mol. The van der Waals surface area contributed by atoms with Gasteiger partial charge in [-0.2, -0.15) is 0 Å². The maximum Gasteiger partial charge on any atom is 0.354 e. The van der Waals surface area contributed by atoms with Gasteiger partial charge in [0.1, 0.15) is 5.69 Å². The molecule has 1 aliphatic heterocycles. The van der Waals surface area contributed by atoms with Crippen LogP contribution in [-0.4, -0.2) is 51.2 Å². The highest BCUT2D eigenvalue weighted by molar-refractivity contribution is 5.96. The highest BCUT2D eigenvalue weighted by Crippen LogP contribution is 2.19. The molecule has 6 nitrogen and oxygen atoms in total. The topological polar surface area (TPSA) is 90.7 Å². The molecule has 6 heteroatoms. The number of carboxylic acids is 1. The molecule has 1 aliphatic rings. The number of carbonyl (C=O) groups is 2. The number of hydrogen-bond donors (Lipinski definition) is 2. The van der Waals surface area contributed by atoms with E-state index in [1.165, 1.54) is 18.3 Å². The number of amides is 1. The van der Waals surface area contributed by atoms with Crippen molar-refractivity contribution >= 4 is 11.9 Å². The first-order chi connectivity index (χ1) is 9.63. The molecule has 20 heavy (non-hydrogen) atoms. The van der Waals surface area contributed by atoms with Crippen molar-refractivity contribution in [3.8, 4) is 0 Å². The summed E-state index contributed by atoms with van der Waals surface area (Å²) in [6, 6.07) is 2.60. The van der Waals surface area contributed by atoms with Crippen LogP contribution in [0.25, 0.3) is 0 Å². The van der Waals surface area contributed by atoms with Crippen LogP contribution >= 0.6 is 0 Å². The van der Waals surface area contributed by atoms with E-state index in [0.717, 1.165) is 25.7 Å². The zero-order valence-corrected chi connectivity index (χ0v) is 11.2. The standard InChI is InChI=1S/C14H18N2O4/c17-9-11-4-2-1-3-7-16(11)13(18)10-5-6-15-12(8-10)14(19)20/h5-6,8,11,17H,1-4,7,9H2,(H,19,20). The monoisotopic (exact) mass is 278 g/mol. The van der Waals surface area contributed by atoms with Crippen LogP contribution in [0.4, 0.5) is 0 Å². The number of rotatable bonds is 3. The van der Waals surface area contributed by atoms with Crippen molar-refractivity contribution in [2.75, 3.05) is 13.2 Å². The molecule has 1 fully saturated rings. The van der Waals surface area contributed by atoms with E-state index in [0.29, 0.717) is 12.1 Å². The molecule has 0 aliphatic carbocycles. The number of aliphatic hydroxyl groups is 1. The van der Waals surface area contributed by atoms with Crippen LogP contribution in [0.2, 0.25) is 0 Å². The second-order valence-corrected chi connectivity index (χ2v) is 4.92. The summed E-state index contributed by atoms with van der Waals surface area (Å²) < 4.78 is 0. The SMILES string of the molecule is O=C(O)c1cc(C(=O)N2CCCCCC2CO)ccn1. The van der Waals surface area contributed by atoms with Crippen molar-refractivity contribution in [3.05, 3.63) is 29.6 Å². The number of nitrogens with zero attached hydrogens (tertiary/aromatic N) is 2. The average Bonchev–Trinajstić information content (AvgIpc) is 2.71. The molecular formula is C14H18N2O4. The Morgan fingerprint density at radius 3 is 2.85 bits per heavy atom. The van der Waals surface area contributed by atoms with Gasteiger partial charge in [-0.3, -0.25) is 4.79 Å². The van der Waals surface area contributed by atoms with E-state index in [-0.39, 0.29) is 24.2 Å². The van der Waals surface area contributed by atoms with Crippen LogP contribution in [0.3, 0.4) is 0 Å². The quantitative estimate of drug-likeness (QED) is 0.865. The van der Waals surface area contributed by atoms with Gasteiger partial charge in [0.15, 0.2) is 0 Å². The van der Waals surface area contributed by atoms with Crippen LogP contribution in [0.15, 0.2) is 18.3 Å². The Morgan fingerprint density at radius 2 is 2.15 bits per heavy atom. The van der Waals surface area contributed by atoms with Gasteiger partial charge in [-0.25, -0.2) is 9.78 Å². The minimum atomic E-state index is -1.16. The molecule has 0 saturated carbocycles. The number of aromatic carboxylic acids is 1. The maximum absolute atomic E-state index is 12.5. The second kappa shape index (κ2) is 6.47. The van der Waals surface area contributed by atoms with Crippen molar-refractivity contribution < 1.29 is 19.8 Å².